The van der Waals surface area contributed by atoms with Gasteiger partial charge in [0, 0.05) is 30.5 Å². The Hall–Kier alpha value is -2.93. The summed E-state index contributed by atoms with van der Waals surface area (Å²) >= 11 is 1.56. The van der Waals surface area contributed by atoms with Gasteiger partial charge in [0.1, 0.15) is 11.5 Å². The second-order valence-corrected chi connectivity index (χ2v) is 7.48. The molecule has 0 bridgehead atoms. The number of benzene rings is 1. The number of thioether (sulfide) groups is 1. The van der Waals surface area contributed by atoms with Gasteiger partial charge in [-0.15, -0.1) is 10.2 Å². The van der Waals surface area contributed by atoms with Crippen LogP contribution in [-0.4, -0.2) is 24.1 Å². The lowest BCUT2D eigenvalue weighted by Crippen LogP contribution is -2.17. The smallest absolute Gasteiger partial charge is 0.258 e. The highest BCUT2D eigenvalue weighted by Gasteiger charge is 2.13. The molecule has 0 saturated heterocycles. The van der Waals surface area contributed by atoms with Gasteiger partial charge in [0.15, 0.2) is 5.16 Å². The number of pyridine rings is 1. The van der Waals surface area contributed by atoms with E-state index in [-0.39, 0.29) is 5.56 Å². The van der Waals surface area contributed by atoms with Gasteiger partial charge in [0.25, 0.3) is 5.56 Å². The first kappa shape index (κ1) is 18.4. The van der Waals surface area contributed by atoms with E-state index in [9.17, 15) is 4.79 Å². The molecule has 142 valence electrons. The zero-order valence-electron chi connectivity index (χ0n) is 15.9. The van der Waals surface area contributed by atoms with Gasteiger partial charge in [0.05, 0.1) is 5.69 Å². The molecule has 0 atom stereocenters. The van der Waals surface area contributed by atoms with Crippen molar-refractivity contribution in [2.24, 2.45) is 0 Å². The lowest BCUT2D eigenvalue weighted by Gasteiger charge is -2.08. The fraction of sp³-hybridized carbons (Fsp3) is 0.238. The molecule has 4 rings (SSSR count). The summed E-state index contributed by atoms with van der Waals surface area (Å²) in [6.45, 7) is 4.79. The number of hydrogen-bond acceptors (Lipinski definition) is 5. The summed E-state index contributed by atoms with van der Waals surface area (Å²) in [7, 11) is 0. The van der Waals surface area contributed by atoms with Crippen LogP contribution in [0.3, 0.4) is 0 Å². The molecule has 3 aromatic heterocycles. The summed E-state index contributed by atoms with van der Waals surface area (Å²) in [5, 5.41) is 9.59. The number of fused-ring (bicyclic) bond motifs is 1. The van der Waals surface area contributed by atoms with Gasteiger partial charge in [-0.3, -0.25) is 9.20 Å². The van der Waals surface area contributed by atoms with E-state index in [2.05, 4.69) is 38.8 Å². The topological polar surface area (TPSA) is 65.1 Å². The van der Waals surface area contributed by atoms with Gasteiger partial charge < -0.3 is 4.57 Å². The zero-order chi connectivity index (χ0) is 19.5. The Morgan fingerprint density at radius 2 is 1.86 bits per heavy atom. The Kier molecular flexibility index (Phi) is 5.25. The van der Waals surface area contributed by atoms with Crippen molar-refractivity contribution in [3.8, 4) is 0 Å². The van der Waals surface area contributed by atoms with E-state index in [1.807, 2.05) is 43.3 Å². The van der Waals surface area contributed by atoms with Crippen molar-refractivity contribution in [2.45, 2.75) is 37.7 Å². The maximum Gasteiger partial charge on any atom is 0.258 e. The molecule has 0 aliphatic rings. The minimum atomic E-state index is -0.0552. The van der Waals surface area contributed by atoms with Crippen LogP contribution in [0.15, 0.2) is 64.5 Å². The average Bonchev–Trinajstić information content (AvgIpc) is 3.08. The summed E-state index contributed by atoms with van der Waals surface area (Å²) < 4.78 is 3.75. The largest absolute Gasteiger partial charge is 0.306 e. The van der Waals surface area contributed by atoms with E-state index >= 15 is 0 Å². The predicted molar refractivity (Wildman–Crippen MR) is 111 cm³/mol. The molecule has 3 heterocycles. The van der Waals surface area contributed by atoms with Gasteiger partial charge in [-0.05, 0) is 31.5 Å². The molecule has 4 aromatic rings. The Bertz CT molecular complexity index is 1170. The van der Waals surface area contributed by atoms with Gasteiger partial charge >= 0.3 is 0 Å². The number of aromatic nitrogens is 5. The normalized spacial score (nSPS) is 11.2. The highest BCUT2D eigenvalue weighted by molar-refractivity contribution is 7.98. The monoisotopic (exact) mass is 391 g/mol. The SMILES string of the molecule is CCn1c(Cc2ccccc2)nnc1SCc1cc(=O)n2c(C)cccc2n1. The Morgan fingerprint density at radius 1 is 1.04 bits per heavy atom. The second-order valence-electron chi connectivity index (χ2n) is 6.54. The Morgan fingerprint density at radius 3 is 2.64 bits per heavy atom. The van der Waals surface area contributed by atoms with Crippen molar-refractivity contribution in [1.29, 1.82) is 0 Å². The lowest BCUT2D eigenvalue weighted by atomic mass is 10.1. The van der Waals surface area contributed by atoms with Crippen LogP contribution in [0.1, 0.15) is 29.7 Å². The summed E-state index contributed by atoms with van der Waals surface area (Å²) in [4.78, 5) is 17.1. The second kappa shape index (κ2) is 7.98. The number of rotatable bonds is 6. The van der Waals surface area contributed by atoms with Crippen LogP contribution in [0.4, 0.5) is 0 Å². The van der Waals surface area contributed by atoms with E-state index in [4.69, 9.17) is 0 Å². The Balaban J connectivity index is 1.55. The van der Waals surface area contributed by atoms with Crippen LogP contribution in [0.5, 0.6) is 0 Å². The van der Waals surface area contributed by atoms with Gasteiger partial charge in [0.2, 0.25) is 0 Å². The van der Waals surface area contributed by atoms with Gasteiger partial charge in [-0.1, -0.05) is 48.2 Å². The van der Waals surface area contributed by atoms with E-state index in [0.29, 0.717) is 11.4 Å². The summed E-state index contributed by atoms with van der Waals surface area (Å²) in [5.41, 5.74) is 3.45. The molecule has 0 spiro atoms. The molecule has 1 aromatic carbocycles. The van der Waals surface area contributed by atoms with Crippen LogP contribution in [-0.2, 0) is 18.7 Å². The summed E-state index contributed by atoms with van der Waals surface area (Å²) in [6, 6.07) is 17.5. The minimum absolute atomic E-state index is 0.0552. The van der Waals surface area contributed by atoms with E-state index in [0.717, 1.165) is 35.3 Å². The molecule has 0 unspecified atom stereocenters. The van der Waals surface area contributed by atoms with Gasteiger partial charge in [-0.2, -0.15) is 0 Å². The molecule has 0 N–H and O–H groups in total. The highest BCUT2D eigenvalue weighted by Crippen LogP contribution is 2.22. The van der Waals surface area contributed by atoms with Crippen molar-refractivity contribution in [3.63, 3.8) is 0 Å². The first-order valence-corrected chi connectivity index (χ1v) is 10.2. The standard InChI is InChI=1S/C21H21N5OS/c1-3-25-19(12-16-9-5-4-6-10-16)23-24-21(25)28-14-17-13-20(27)26-15(2)8-7-11-18(26)22-17/h4-11,13H,3,12,14H2,1-2H3. The third kappa shape index (κ3) is 3.71. The maximum absolute atomic E-state index is 12.4. The summed E-state index contributed by atoms with van der Waals surface area (Å²) in [6.07, 6.45) is 0.747. The van der Waals surface area contributed by atoms with Gasteiger partial charge in [-0.25, -0.2) is 4.98 Å². The molecule has 0 fully saturated rings. The van der Waals surface area contributed by atoms with Crippen LogP contribution >= 0.6 is 11.8 Å². The molecule has 7 heteroatoms. The molecule has 0 saturated carbocycles. The minimum Gasteiger partial charge on any atom is -0.306 e. The molecule has 0 amide bonds. The van der Waals surface area contributed by atoms with Crippen LogP contribution in [0.25, 0.3) is 5.65 Å². The van der Waals surface area contributed by atoms with Crippen LogP contribution in [0.2, 0.25) is 0 Å². The quantitative estimate of drug-likeness (QED) is 0.471. The number of hydrogen-bond donors (Lipinski definition) is 0. The third-order valence-electron chi connectivity index (χ3n) is 4.60. The molecule has 0 aliphatic heterocycles. The fourth-order valence-electron chi connectivity index (χ4n) is 3.23. The lowest BCUT2D eigenvalue weighted by molar-refractivity contribution is 0.651. The van der Waals surface area contributed by atoms with Crippen molar-refractivity contribution < 1.29 is 0 Å². The number of nitrogens with zero attached hydrogens (tertiary/aromatic N) is 5. The first-order chi connectivity index (χ1) is 13.7. The molecular formula is C21H21N5OS. The molecule has 6 nitrogen and oxygen atoms in total. The maximum atomic E-state index is 12.4. The molecule has 28 heavy (non-hydrogen) atoms. The van der Waals surface area contributed by atoms with Crippen molar-refractivity contribution in [1.82, 2.24) is 24.1 Å². The molecular weight excluding hydrogens is 370 g/mol. The van der Waals surface area contributed by atoms with Crippen molar-refractivity contribution in [3.05, 3.63) is 87.7 Å². The molecule has 0 radical (unpaired) electrons. The van der Waals surface area contributed by atoms with Crippen molar-refractivity contribution >= 4 is 17.4 Å². The predicted octanol–water partition coefficient (Wildman–Crippen LogP) is 3.50. The Labute approximate surface area is 167 Å². The van der Waals surface area contributed by atoms with Crippen LogP contribution in [0, 0.1) is 6.92 Å². The fourth-order valence-corrected chi connectivity index (χ4v) is 4.14. The third-order valence-corrected chi connectivity index (χ3v) is 5.60. The van der Waals surface area contributed by atoms with E-state index in [1.165, 1.54) is 5.56 Å². The number of aryl methyl sites for hydroxylation is 1. The molecule has 0 aliphatic carbocycles. The van der Waals surface area contributed by atoms with E-state index in [1.54, 1.807) is 22.2 Å². The van der Waals surface area contributed by atoms with Crippen molar-refractivity contribution in [2.75, 3.05) is 0 Å². The average molecular weight is 392 g/mol. The van der Waals surface area contributed by atoms with Crippen LogP contribution < -0.4 is 5.56 Å². The highest BCUT2D eigenvalue weighted by atomic mass is 32.2. The zero-order valence-corrected chi connectivity index (χ0v) is 16.7. The summed E-state index contributed by atoms with van der Waals surface area (Å²) in [5.74, 6) is 1.52. The first-order valence-electron chi connectivity index (χ1n) is 9.23. The van der Waals surface area contributed by atoms with E-state index < -0.39 is 0 Å².